The second-order valence-corrected chi connectivity index (χ2v) is 3.98. The van der Waals surface area contributed by atoms with Gasteiger partial charge in [-0.25, -0.2) is 5.84 Å². The summed E-state index contributed by atoms with van der Waals surface area (Å²) in [6.45, 7) is 4.24. The lowest BCUT2D eigenvalue weighted by atomic mass is 10.2. The molecule has 4 N–H and O–H groups in total. The number of anilines is 3. The van der Waals surface area contributed by atoms with Gasteiger partial charge >= 0.3 is 0 Å². The summed E-state index contributed by atoms with van der Waals surface area (Å²) in [5.41, 5.74) is 2.44. The fourth-order valence-corrected chi connectivity index (χ4v) is 1.37. The van der Waals surface area contributed by atoms with E-state index in [1.165, 1.54) is 0 Å². The Kier molecular flexibility index (Phi) is 4.89. The molecule has 17 heavy (non-hydrogen) atoms. The van der Waals surface area contributed by atoms with Gasteiger partial charge in [-0.15, -0.1) is 0 Å². The molecule has 0 amide bonds. The van der Waals surface area contributed by atoms with Crippen molar-refractivity contribution in [1.29, 1.82) is 0 Å². The van der Waals surface area contributed by atoms with Gasteiger partial charge in [0.2, 0.25) is 17.8 Å². The van der Waals surface area contributed by atoms with Gasteiger partial charge in [-0.3, -0.25) is 5.43 Å². The lowest BCUT2D eigenvalue weighted by molar-refractivity contribution is 0.663. The van der Waals surface area contributed by atoms with Crippen molar-refractivity contribution in [2.45, 2.75) is 32.7 Å². The Morgan fingerprint density at radius 3 is 2.18 bits per heavy atom. The zero-order valence-electron chi connectivity index (χ0n) is 10.9. The normalized spacial score (nSPS) is 10.5. The molecule has 0 aliphatic carbocycles. The summed E-state index contributed by atoms with van der Waals surface area (Å²) in [7, 11) is 3.74. The van der Waals surface area contributed by atoms with E-state index in [1.807, 2.05) is 14.1 Å². The minimum Gasteiger partial charge on any atom is -0.351 e. The van der Waals surface area contributed by atoms with Gasteiger partial charge in [0.15, 0.2) is 0 Å². The fraction of sp³-hybridized carbons (Fsp3) is 0.700. The lowest BCUT2D eigenvalue weighted by Crippen LogP contribution is -2.23. The van der Waals surface area contributed by atoms with Crippen LogP contribution >= 0.6 is 0 Å². The summed E-state index contributed by atoms with van der Waals surface area (Å²) in [4.78, 5) is 14.4. The monoisotopic (exact) mass is 239 g/mol. The third-order valence-corrected chi connectivity index (χ3v) is 2.47. The molecule has 0 unspecified atom stereocenters. The first kappa shape index (κ1) is 13.4. The standard InChI is InChI=1S/C10H21N7/c1-5-7(6-2)12-8-13-9(16-11)15-10(14-8)17(3)4/h7H,5-6,11H2,1-4H3,(H2,12,13,14,15,16). The molecule has 0 aliphatic rings. The highest BCUT2D eigenvalue weighted by Crippen LogP contribution is 2.13. The summed E-state index contributed by atoms with van der Waals surface area (Å²) in [6, 6.07) is 0.359. The number of hydrogen-bond donors (Lipinski definition) is 3. The number of hydrazine groups is 1. The second-order valence-electron chi connectivity index (χ2n) is 3.98. The van der Waals surface area contributed by atoms with E-state index >= 15 is 0 Å². The predicted molar refractivity (Wildman–Crippen MR) is 70.0 cm³/mol. The van der Waals surface area contributed by atoms with Crippen molar-refractivity contribution in [3.05, 3.63) is 0 Å². The zero-order valence-corrected chi connectivity index (χ0v) is 10.9. The molecule has 7 nitrogen and oxygen atoms in total. The Hall–Kier alpha value is -1.63. The van der Waals surface area contributed by atoms with E-state index in [-0.39, 0.29) is 0 Å². The van der Waals surface area contributed by atoms with Crippen LogP contribution < -0.4 is 21.5 Å². The maximum atomic E-state index is 5.33. The maximum absolute atomic E-state index is 5.33. The molecular formula is C10H21N7. The number of aromatic nitrogens is 3. The van der Waals surface area contributed by atoms with Gasteiger partial charge in [-0.1, -0.05) is 13.8 Å². The quantitative estimate of drug-likeness (QED) is 0.500. The summed E-state index contributed by atoms with van der Waals surface area (Å²) in [5.74, 6) is 6.81. The van der Waals surface area contributed by atoms with Crippen LogP contribution in [0.2, 0.25) is 0 Å². The Balaban J connectivity index is 2.94. The largest absolute Gasteiger partial charge is 0.351 e. The van der Waals surface area contributed by atoms with Crippen molar-refractivity contribution in [3.8, 4) is 0 Å². The molecule has 0 spiro atoms. The van der Waals surface area contributed by atoms with Gasteiger partial charge in [-0.2, -0.15) is 15.0 Å². The first-order chi connectivity index (χ1) is 8.10. The number of nitrogens with zero attached hydrogens (tertiary/aromatic N) is 4. The molecule has 7 heteroatoms. The smallest absolute Gasteiger partial charge is 0.243 e. The van der Waals surface area contributed by atoms with Crippen molar-refractivity contribution in [2.75, 3.05) is 29.7 Å². The third-order valence-electron chi connectivity index (χ3n) is 2.47. The highest BCUT2D eigenvalue weighted by Gasteiger charge is 2.10. The van der Waals surface area contributed by atoms with E-state index in [9.17, 15) is 0 Å². The van der Waals surface area contributed by atoms with Crippen molar-refractivity contribution in [3.63, 3.8) is 0 Å². The minimum atomic E-state index is 0.358. The second kappa shape index (κ2) is 6.19. The van der Waals surface area contributed by atoms with Crippen molar-refractivity contribution < 1.29 is 0 Å². The highest BCUT2D eigenvalue weighted by atomic mass is 15.4. The van der Waals surface area contributed by atoms with Crippen LogP contribution in [-0.2, 0) is 0 Å². The molecule has 1 rings (SSSR count). The molecule has 0 fully saturated rings. The van der Waals surface area contributed by atoms with Crippen molar-refractivity contribution in [1.82, 2.24) is 15.0 Å². The summed E-state index contributed by atoms with van der Waals surface area (Å²) in [5, 5.41) is 3.26. The van der Waals surface area contributed by atoms with E-state index in [2.05, 4.69) is 39.5 Å². The van der Waals surface area contributed by atoms with Gasteiger partial charge in [0.25, 0.3) is 0 Å². The number of hydrogen-bond acceptors (Lipinski definition) is 7. The molecular weight excluding hydrogens is 218 g/mol. The van der Waals surface area contributed by atoms with Gasteiger partial charge in [0.1, 0.15) is 0 Å². The Bertz CT molecular complexity index is 349. The molecule has 96 valence electrons. The van der Waals surface area contributed by atoms with Gasteiger partial charge in [0, 0.05) is 20.1 Å². The van der Waals surface area contributed by atoms with E-state index in [4.69, 9.17) is 5.84 Å². The van der Waals surface area contributed by atoms with E-state index in [0.29, 0.717) is 23.9 Å². The zero-order chi connectivity index (χ0) is 12.8. The summed E-state index contributed by atoms with van der Waals surface area (Å²) in [6.07, 6.45) is 2.04. The average molecular weight is 239 g/mol. The predicted octanol–water partition coefficient (Wildman–Crippen LogP) is 0.824. The Morgan fingerprint density at radius 1 is 1.12 bits per heavy atom. The molecule has 0 bridgehead atoms. The summed E-state index contributed by atoms with van der Waals surface area (Å²) >= 11 is 0. The molecule has 0 saturated carbocycles. The fourth-order valence-electron chi connectivity index (χ4n) is 1.37. The van der Waals surface area contributed by atoms with E-state index < -0.39 is 0 Å². The van der Waals surface area contributed by atoms with Crippen LogP contribution in [0.4, 0.5) is 17.8 Å². The topological polar surface area (TPSA) is 92.0 Å². The van der Waals surface area contributed by atoms with Crippen LogP contribution in [0, 0.1) is 0 Å². The Morgan fingerprint density at radius 2 is 1.71 bits per heavy atom. The molecule has 1 aromatic heterocycles. The molecule has 1 heterocycles. The maximum Gasteiger partial charge on any atom is 0.243 e. The molecule has 1 aromatic rings. The third kappa shape index (κ3) is 3.70. The molecule has 0 atom stereocenters. The molecule has 0 aromatic carbocycles. The molecule has 0 saturated heterocycles. The number of rotatable bonds is 6. The highest BCUT2D eigenvalue weighted by molar-refractivity contribution is 5.42. The van der Waals surface area contributed by atoms with Crippen molar-refractivity contribution in [2.24, 2.45) is 5.84 Å². The van der Waals surface area contributed by atoms with Gasteiger partial charge < -0.3 is 10.2 Å². The first-order valence-electron chi connectivity index (χ1n) is 5.77. The minimum absolute atomic E-state index is 0.358. The van der Waals surface area contributed by atoms with Crippen LogP contribution in [-0.4, -0.2) is 35.1 Å². The summed E-state index contributed by atoms with van der Waals surface area (Å²) < 4.78 is 0. The molecule has 0 radical (unpaired) electrons. The lowest BCUT2D eigenvalue weighted by Gasteiger charge is -2.17. The van der Waals surface area contributed by atoms with Crippen LogP contribution in [0.15, 0.2) is 0 Å². The van der Waals surface area contributed by atoms with Crippen LogP contribution in [0.25, 0.3) is 0 Å². The van der Waals surface area contributed by atoms with Crippen molar-refractivity contribution >= 4 is 17.8 Å². The van der Waals surface area contributed by atoms with Crippen LogP contribution in [0.5, 0.6) is 0 Å². The molecule has 0 aliphatic heterocycles. The van der Waals surface area contributed by atoms with E-state index in [0.717, 1.165) is 12.8 Å². The van der Waals surface area contributed by atoms with Gasteiger partial charge in [-0.05, 0) is 12.8 Å². The SMILES string of the molecule is CCC(CC)Nc1nc(NN)nc(N(C)C)n1. The number of nitrogens with two attached hydrogens (primary N) is 1. The first-order valence-corrected chi connectivity index (χ1v) is 5.77. The number of nitrogen functional groups attached to an aromatic ring is 1. The van der Waals surface area contributed by atoms with E-state index in [1.54, 1.807) is 4.90 Å². The van der Waals surface area contributed by atoms with Crippen LogP contribution in [0.1, 0.15) is 26.7 Å². The van der Waals surface area contributed by atoms with Gasteiger partial charge in [0.05, 0.1) is 0 Å². The Labute approximate surface area is 102 Å². The number of nitrogens with one attached hydrogen (secondary N) is 2. The average Bonchev–Trinajstić information content (AvgIpc) is 2.35. The van der Waals surface area contributed by atoms with Crippen LogP contribution in [0.3, 0.4) is 0 Å².